The van der Waals surface area contributed by atoms with Gasteiger partial charge in [0.2, 0.25) is 0 Å². The summed E-state index contributed by atoms with van der Waals surface area (Å²) < 4.78 is 22.8. The van der Waals surface area contributed by atoms with E-state index in [9.17, 15) is 8.42 Å². The van der Waals surface area contributed by atoms with Crippen LogP contribution in [0.3, 0.4) is 0 Å². The molecular weight excluding hydrogens is 208 g/mol. The van der Waals surface area contributed by atoms with E-state index in [0.29, 0.717) is 10.8 Å². The van der Waals surface area contributed by atoms with Crippen molar-refractivity contribution in [1.82, 2.24) is 0 Å². The predicted octanol–water partition coefficient (Wildman–Crippen LogP) is 2.75. The highest BCUT2D eigenvalue weighted by atomic mass is 32.2. The first-order valence-corrected chi connectivity index (χ1v) is 7.26. The van der Waals surface area contributed by atoms with Crippen LogP contribution in [-0.4, -0.2) is 14.7 Å². The number of benzene rings is 1. The summed E-state index contributed by atoms with van der Waals surface area (Å²) in [5.74, 6) is 0.576. The molecule has 1 aliphatic carbocycles. The topological polar surface area (TPSA) is 34.1 Å². The molecule has 0 heterocycles. The van der Waals surface area contributed by atoms with E-state index in [1.165, 1.54) is 37.5 Å². The zero-order chi connectivity index (χ0) is 10.9. The van der Waals surface area contributed by atoms with Crippen LogP contribution in [0.4, 0.5) is 0 Å². The molecule has 0 aliphatic heterocycles. The first-order valence-electron chi connectivity index (χ1n) is 5.37. The molecule has 0 bridgehead atoms. The van der Waals surface area contributed by atoms with Crippen molar-refractivity contribution in [3.8, 4) is 0 Å². The SMILES string of the molecule is CS(=O)(=O)c1cccc(C2CCCC2)c1. The van der Waals surface area contributed by atoms with E-state index in [1.807, 2.05) is 18.2 Å². The molecule has 0 atom stereocenters. The molecule has 0 saturated heterocycles. The molecule has 2 nitrogen and oxygen atoms in total. The Morgan fingerprint density at radius 2 is 1.87 bits per heavy atom. The highest BCUT2D eigenvalue weighted by Crippen LogP contribution is 2.34. The fourth-order valence-electron chi connectivity index (χ4n) is 2.26. The highest BCUT2D eigenvalue weighted by molar-refractivity contribution is 7.90. The number of hydrogen-bond donors (Lipinski definition) is 0. The van der Waals surface area contributed by atoms with E-state index in [0.717, 1.165) is 0 Å². The second-order valence-electron chi connectivity index (χ2n) is 4.33. The molecule has 0 N–H and O–H groups in total. The minimum absolute atomic E-state index is 0.451. The molecule has 3 heteroatoms. The van der Waals surface area contributed by atoms with Crippen LogP contribution in [0.1, 0.15) is 37.2 Å². The Kier molecular flexibility index (Phi) is 2.83. The highest BCUT2D eigenvalue weighted by Gasteiger charge is 2.18. The van der Waals surface area contributed by atoms with E-state index in [1.54, 1.807) is 6.07 Å². The van der Waals surface area contributed by atoms with Gasteiger partial charge >= 0.3 is 0 Å². The average Bonchev–Trinajstić information content (AvgIpc) is 2.69. The fraction of sp³-hybridized carbons (Fsp3) is 0.500. The summed E-state index contributed by atoms with van der Waals surface area (Å²) >= 11 is 0. The lowest BCUT2D eigenvalue weighted by atomic mass is 9.98. The van der Waals surface area contributed by atoms with Crippen LogP contribution in [0, 0.1) is 0 Å². The van der Waals surface area contributed by atoms with Crippen molar-refractivity contribution in [1.29, 1.82) is 0 Å². The Bertz CT molecular complexity index is 442. The Morgan fingerprint density at radius 3 is 2.47 bits per heavy atom. The molecule has 2 rings (SSSR count). The van der Waals surface area contributed by atoms with Gasteiger partial charge in [-0.1, -0.05) is 25.0 Å². The zero-order valence-corrected chi connectivity index (χ0v) is 9.76. The van der Waals surface area contributed by atoms with Crippen molar-refractivity contribution < 1.29 is 8.42 Å². The molecule has 1 aromatic carbocycles. The summed E-state index contributed by atoms with van der Waals surface area (Å²) in [7, 11) is -3.05. The third-order valence-electron chi connectivity index (χ3n) is 3.11. The second kappa shape index (κ2) is 3.97. The largest absolute Gasteiger partial charge is 0.224 e. The summed E-state index contributed by atoms with van der Waals surface area (Å²) in [5.41, 5.74) is 1.19. The van der Waals surface area contributed by atoms with E-state index in [4.69, 9.17) is 0 Å². The van der Waals surface area contributed by atoms with Crippen molar-refractivity contribution >= 4 is 9.84 Å². The molecule has 0 radical (unpaired) electrons. The van der Waals surface area contributed by atoms with Crippen LogP contribution < -0.4 is 0 Å². The van der Waals surface area contributed by atoms with Crippen LogP contribution in [0.2, 0.25) is 0 Å². The quantitative estimate of drug-likeness (QED) is 0.774. The molecule has 0 unspecified atom stereocenters. The first kappa shape index (κ1) is 10.7. The van der Waals surface area contributed by atoms with Crippen LogP contribution in [0.15, 0.2) is 29.2 Å². The maximum atomic E-state index is 11.4. The number of hydrogen-bond acceptors (Lipinski definition) is 2. The fourth-order valence-corrected chi connectivity index (χ4v) is 2.93. The summed E-state index contributed by atoms with van der Waals surface area (Å²) in [5, 5.41) is 0. The van der Waals surface area contributed by atoms with Crippen molar-refractivity contribution in [2.45, 2.75) is 36.5 Å². The molecule has 0 aromatic heterocycles. The van der Waals surface area contributed by atoms with E-state index in [-0.39, 0.29) is 0 Å². The normalized spacial score (nSPS) is 18.2. The average molecular weight is 224 g/mol. The van der Waals surface area contributed by atoms with Crippen LogP contribution in [0.25, 0.3) is 0 Å². The van der Waals surface area contributed by atoms with Gasteiger partial charge in [-0.15, -0.1) is 0 Å². The predicted molar refractivity (Wildman–Crippen MR) is 60.8 cm³/mol. The minimum Gasteiger partial charge on any atom is -0.224 e. The van der Waals surface area contributed by atoms with E-state index in [2.05, 4.69) is 0 Å². The van der Waals surface area contributed by atoms with Gasteiger partial charge in [0, 0.05) is 6.26 Å². The second-order valence-corrected chi connectivity index (χ2v) is 6.34. The minimum atomic E-state index is -3.05. The van der Waals surface area contributed by atoms with Gasteiger partial charge < -0.3 is 0 Å². The van der Waals surface area contributed by atoms with Gasteiger partial charge in [-0.2, -0.15) is 0 Å². The smallest absolute Gasteiger partial charge is 0.175 e. The van der Waals surface area contributed by atoms with E-state index >= 15 is 0 Å². The van der Waals surface area contributed by atoms with Crippen molar-refractivity contribution in [3.05, 3.63) is 29.8 Å². The summed E-state index contributed by atoms with van der Waals surface area (Å²) in [6.45, 7) is 0. The van der Waals surface area contributed by atoms with Crippen molar-refractivity contribution in [2.75, 3.05) is 6.26 Å². The number of rotatable bonds is 2. The molecule has 1 fully saturated rings. The van der Waals surface area contributed by atoms with Gasteiger partial charge in [-0.05, 0) is 36.5 Å². The summed E-state index contributed by atoms with van der Waals surface area (Å²) in [6.07, 6.45) is 6.21. The van der Waals surface area contributed by atoms with Crippen LogP contribution >= 0.6 is 0 Å². The Balaban J connectivity index is 2.34. The Hall–Kier alpha value is -0.830. The lowest BCUT2D eigenvalue weighted by Gasteiger charge is -2.10. The third-order valence-corrected chi connectivity index (χ3v) is 4.22. The maximum Gasteiger partial charge on any atom is 0.175 e. The molecule has 1 saturated carbocycles. The summed E-state index contributed by atoms with van der Waals surface area (Å²) in [4.78, 5) is 0.451. The van der Waals surface area contributed by atoms with Crippen molar-refractivity contribution in [3.63, 3.8) is 0 Å². The van der Waals surface area contributed by atoms with Crippen LogP contribution in [-0.2, 0) is 9.84 Å². The van der Waals surface area contributed by atoms with Gasteiger partial charge in [0.25, 0.3) is 0 Å². The standard InChI is InChI=1S/C12H16O2S/c1-15(13,14)12-8-4-7-11(9-12)10-5-2-3-6-10/h4,7-10H,2-3,5-6H2,1H3. The lowest BCUT2D eigenvalue weighted by molar-refractivity contribution is 0.601. The van der Waals surface area contributed by atoms with Crippen molar-refractivity contribution in [2.24, 2.45) is 0 Å². The lowest BCUT2D eigenvalue weighted by Crippen LogP contribution is -1.99. The van der Waals surface area contributed by atoms with Gasteiger partial charge in [0.15, 0.2) is 9.84 Å². The molecule has 1 aliphatic rings. The monoisotopic (exact) mass is 224 g/mol. The van der Waals surface area contributed by atoms with Gasteiger partial charge in [0.05, 0.1) is 4.90 Å². The Morgan fingerprint density at radius 1 is 1.20 bits per heavy atom. The molecule has 0 spiro atoms. The zero-order valence-electron chi connectivity index (χ0n) is 8.94. The molecular formula is C12H16O2S. The van der Waals surface area contributed by atoms with E-state index < -0.39 is 9.84 Å². The molecule has 0 amide bonds. The van der Waals surface area contributed by atoms with Gasteiger partial charge in [0.1, 0.15) is 0 Å². The first-order chi connectivity index (χ1) is 7.07. The molecule has 82 valence electrons. The Labute approximate surface area is 91.2 Å². The van der Waals surface area contributed by atoms with Gasteiger partial charge in [-0.25, -0.2) is 8.42 Å². The third kappa shape index (κ3) is 2.40. The summed E-state index contributed by atoms with van der Waals surface area (Å²) in [6, 6.07) is 7.41. The van der Waals surface area contributed by atoms with Crippen LogP contribution in [0.5, 0.6) is 0 Å². The molecule has 1 aromatic rings. The van der Waals surface area contributed by atoms with Gasteiger partial charge in [-0.3, -0.25) is 0 Å². The maximum absolute atomic E-state index is 11.4. The number of sulfone groups is 1. The molecule has 15 heavy (non-hydrogen) atoms.